The summed E-state index contributed by atoms with van der Waals surface area (Å²) in [6.45, 7) is 1.74. The fourth-order valence-corrected chi connectivity index (χ4v) is 2.33. The van der Waals surface area contributed by atoms with Gasteiger partial charge in [0, 0.05) is 19.6 Å². The number of rotatable bonds is 1. The molecule has 2 N–H and O–H groups in total. The highest BCUT2D eigenvalue weighted by Crippen LogP contribution is 2.38. The van der Waals surface area contributed by atoms with E-state index in [1.165, 1.54) is 5.56 Å². The third-order valence-electron chi connectivity index (χ3n) is 3.22. The van der Waals surface area contributed by atoms with E-state index in [4.69, 9.17) is 0 Å². The highest BCUT2D eigenvalue weighted by molar-refractivity contribution is 5.36. The van der Waals surface area contributed by atoms with E-state index >= 15 is 0 Å². The summed E-state index contributed by atoms with van der Waals surface area (Å²) < 4.78 is 14.2. The van der Waals surface area contributed by atoms with E-state index in [-0.39, 0.29) is 6.04 Å². The van der Waals surface area contributed by atoms with Gasteiger partial charge in [-0.2, -0.15) is 0 Å². The van der Waals surface area contributed by atoms with Crippen molar-refractivity contribution in [2.75, 3.05) is 13.1 Å². The predicted molar refractivity (Wildman–Crippen MR) is 52.7 cm³/mol. The van der Waals surface area contributed by atoms with E-state index in [0.717, 1.165) is 12.1 Å². The second-order valence-corrected chi connectivity index (χ2v) is 4.15. The highest BCUT2D eigenvalue weighted by Gasteiger charge is 2.47. The lowest BCUT2D eigenvalue weighted by Gasteiger charge is -2.40. The summed E-state index contributed by atoms with van der Waals surface area (Å²) in [7, 11) is 0. The van der Waals surface area contributed by atoms with Crippen molar-refractivity contribution in [3.63, 3.8) is 0 Å². The number of hydrogen-bond acceptors (Lipinski definition) is 2. The van der Waals surface area contributed by atoms with Crippen molar-refractivity contribution in [1.82, 2.24) is 10.6 Å². The Bertz CT molecular complexity index is 360. The Morgan fingerprint density at radius 3 is 2.79 bits per heavy atom. The van der Waals surface area contributed by atoms with Crippen molar-refractivity contribution in [2.24, 2.45) is 0 Å². The Balaban J connectivity index is 1.97. The van der Waals surface area contributed by atoms with Crippen molar-refractivity contribution in [2.45, 2.75) is 18.3 Å². The fraction of sp³-hybridized carbons (Fsp3) is 0.455. The fourth-order valence-electron chi connectivity index (χ4n) is 2.33. The number of halogens is 1. The quantitative estimate of drug-likeness (QED) is 0.697. The van der Waals surface area contributed by atoms with Crippen LogP contribution < -0.4 is 10.6 Å². The molecule has 0 aliphatic carbocycles. The van der Waals surface area contributed by atoms with E-state index in [1.807, 2.05) is 18.2 Å². The van der Waals surface area contributed by atoms with Crippen LogP contribution in [0.15, 0.2) is 24.3 Å². The van der Waals surface area contributed by atoms with Crippen LogP contribution in [0, 0.1) is 0 Å². The molecule has 0 saturated carbocycles. The predicted octanol–water partition coefficient (Wildman–Crippen LogP) is 1.14. The summed E-state index contributed by atoms with van der Waals surface area (Å²) in [6.07, 6.45) is 0. The number of fused-ring (bicyclic) bond motifs is 1. The van der Waals surface area contributed by atoms with Gasteiger partial charge in [-0.05, 0) is 11.1 Å². The molecular weight excluding hydrogens is 179 g/mol. The van der Waals surface area contributed by atoms with Crippen LogP contribution in [0.1, 0.15) is 17.2 Å². The summed E-state index contributed by atoms with van der Waals surface area (Å²) in [6, 6.07) is 7.97. The molecule has 1 unspecified atom stereocenters. The van der Waals surface area contributed by atoms with Crippen molar-refractivity contribution < 1.29 is 4.39 Å². The molecule has 3 rings (SSSR count). The van der Waals surface area contributed by atoms with Crippen molar-refractivity contribution >= 4 is 0 Å². The molecule has 74 valence electrons. The molecule has 1 saturated heterocycles. The van der Waals surface area contributed by atoms with E-state index < -0.39 is 5.67 Å². The minimum Gasteiger partial charge on any atom is -0.310 e. The lowest BCUT2D eigenvalue weighted by Crippen LogP contribution is -2.61. The van der Waals surface area contributed by atoms with E-state index in [0.29, 0.717) is 13.1 Å². The van der Waals surface area contributed by atoms with Crippen molar-refractivity contribution in [3.8, 4) is 0 Å². The third-order valence-corrected chi connectivity index (χ3v) is 3.22. The standard InChI is InChI=1S/C11H13FN2/c12-11(6-13-7-11)10-9-4-2-1-3-8(9)5-14-10/h1-4,10,13-14H,5-7H2. The summed E-state index contributed by atoms with van der Waals surface area (Å²) in [5, 5.41) is 6.24. The molecule has 0 aromatic heterocycles. The Morgan fingerprint density at radius 2 is 2.07 bits per heavy atom. The third kappa shape index (κ3) is 1.03. The van der Waals surface area contributed by atoms with Gasteiger partial charge < -0.3 is 10.6 Å². The van der Waals surface area contributed by atoms with Gasteiger partial charge >= 0.3 is 0 Å². The first-order valence-corrected chi connectivity index (χ1v) is 5.00. The number of nitrogens with one attached hydrogen (secondary N) is 2. The van der Waals surface area contributed by atoms with Crippen LogP contribution in [0.4, 0.5) is 4.39 Å². The first kappa shape index (κ1) is 8.38. The average molecular weight is 192 g/mol. The molecular formula is C11H13FN2. The van der Waals surface area contributed by atoms with Crippen molar-refractivity contribution in [1.29, 1.82) is 0 Å². The SMILES string of the molecule is FC1(C2NCc3ccccc32)CNC1. The maximum absolute atomic E-state index is 14.2. The molecule has 1 aromatic carbocycles. The molecule has 14 heavy (non-hydrogen) atoms. The summed E-state index contributed by atoms with van der Waals surface area (Å²) in [5.74, 6) is 0. The Hall–Kier alpha value is -0.930. The first-order chi connectivity index (χ1) is 6.80. The van der Waals surface area contributed by atoms with E-state index in [1.54, 1.807) is 0 Å². The van der Waals surface area contributed by atoms with E-state index in [2.05, 4.69) is 16.7 Å². The van der Waals surface area contributed by atoms with Gasteiger partial charge in [-0.3, -0.25) is 0 Å². The Labute approximate surface area is 82.5 Å². The zero-order chi connectivity index (χ0) is 9.60. The van der Waals surface area contributed by atoms with Gasteiger partial charge in [-0.25, -0.2) is 4.39 Å². The normalized spacial score (nSPS) is 28.2. The van der Waals surface area contributed by atoms with E-state index in [9.17, 15) is 4.39 Å². The van der Waals surface area contributed by atoms with Crippen LogP contribution in [-0.4, -0.2) is 18.8 Å². The van der Waals surface area contributed by atoms with Crippen molar-refractivity contribution in [3.05, 3.63) is 35.4 Å². The molecule has 1 aromatic rings. The molecule has 2 heterocycles. The molecule has 2 nitrogen and oxygen atoms in total. The molecule has 1 atom stereocenters. The van der Waals surface area contributed by atoms with Gasteiger partial charge in [0.2, 0.25) is 0 Å². The molecule has 0 bridgehead atoms. The second-order valence-electron chi connectivity index (χ2n) is 4.15. The Morgan fingerprint density at radius 1 is 1.29 bits per heavy atom. The first-order valence-electron chi connectivity index (χ1n) is 5.00. The monoisotopic (exact) mass is 192 g/mol. The van der Waals surface area contributed by atoms with Gasteiger partial charge in [0.1, 0.15) is 0 Å². The molecule has 0 amide bonds. The maximum atomic E-state index is 14.2. The van der Waals surface area contributed by atoms with Gasteiger partial charge in [-0.1, -0.05) is 24.3 Å². The average Bonchev–Trinajstić information content (AvgIpc) is 2.58. The van der Waals surface area contributed by atoms with Gasteiger partial charge in [0.05, 0.1) is 6.04 Å². The lowest BCUT2D eigenvalue weighted by molar-refractivity contribution is 0.0485. The topological polar surface area (TPSA) is 24.1 Å². The van der Waals surface area contributed by atoms with Crippen LogP contribution in [0.2, 0.25) is 0 Å². The smallest absolute Gasteiger partial charge is 0.154 e. The van der Waals surface area contributed by atoms with Crippen LogP contribution in [-0.2, 0) is 6.54 Å². The molecule has 3 heteroatoms. The Kier molecular flexibility index (Phi) is 1.66. The molecule has 2 aliphatic heterocycles. The maximum Gasteiger partial charge on any atom is 0.154 e. The van der Waals surface area contributed by atoms with Crippen LogP contribution in [0.3, 0.4) is 0 Å². The summed E-state index contributed by atoms with van der Waals surface area (Å²) in [5.41, 5.74) is 1.30. The number of benzene rings is 1. The number of alkyl halides is 1. The minimum absolute atomic E-state index is 0.111. The summed E-state index contributed by atoms with van der Waals surface area (Å²) >= 11 is 0. The van der Waals surface area contributed by atoms with Gasteiger partial charge in [0.25, 0.3) is 0 Å². The van der Waals surface area contributed by atoms with Gasteiger partial charge in [-0.15, -0.1) is 0 Å². The summed E-state index contributed by atoms with van der Waals surface area (Å²) in [4.78, 5) is 0. The minimum atomic E-state index is -1.08. The largest absolute Gasteiger partial charge is 0.310 e. The zero-order valence-electron chi connectivity index (χ0n) is 7.89. The molecule has 0 radical (unpaired) electrons. The molecule has 0 spiro atoms. The van der Waals surface area contributed by atoms with Gasteiger partial charge in [0.15, 0.2) is 5.67 Å². The zero-order valence-corrected chi connectivity index (χ0v) is 7.89. The number of hydrogen-bond donors (Lipinski definition) is 2. The lowest BCUT2D eigenvalue weighted by atomic mass is 9.86. The second kappa shape index (κ2) is 2.78. The molecule has 2 aliphatic rings. The van der Waals surface area contributed by atoms with Crippen LogP contribution >= 0.6 is 0 Å². The van der Waals surface area contributed by atoms with Crippen LogP contribution in [0.25, 0.3) is 0 Å². The molecule has 1 fully saturated rings. The highest BCUT2D eigenvalue weighted by atomic mass is 19.1. The van der Waals surface area contributed by atoms with Crippen LogP contribution in [0.5, 0.6) is 0 Å².